The van der Waals surface area contributed by atoms with E-state index >= 15 is 0 Å². The summed E-state index contributed by atoms with van der Waals surface area (Å²) in [6.07, 6.45) is -5.71. The van der Waals surface area contributed by atoms with Crippen molar-refractivity contribution in [3.8, 4) is 5.88 Å². The number of aromatic nitrogens is 4. The van der Waals surface area contributed by atoms with Gasteiger partial charge in [0.05, 0.1) is 10.9 Å². The number of halogens is 4. The van der Waals surface area contributed by atoms with E-state index in [1.807, 2.05) is 0 Å². The highest BCUT2D eigenvalue weighted by molar-refractivity contribution is 5.94. The number of pyridine rings is 2. The van der Waals surface area contributed by atoms with Crippen LogP contribution < -0.4 is 10.3 Å². The highest BCUT2D eigenvalue weighted by Crippen LogP contribution is 2.35. The van der Waals surface area contributed by atoms with Crippen LogP contribution >= 0.6 is 0 Å². The van der Waals surface area contributed by atoms with E-state index in [0.717, 1.165) is 6.07 Å². The molecule has 0 aliphatic carbocycles. The van der Waals surface area contributed by atoms with Crippen molar-refractivity contribution in [2.45, 2.75) is 46.1 Å². The Balaban J connectivity index is 1.57. The molecule has 0 aromatic carbocycles. The average molecular weight is 507 g/mol. The number of fused-ring (bicyclic) bond motifs is 1. The van der Waals surface area contributed by atoms with Crippen molar-refractivity contribution in [2.24, 2.45) is 11.8 Å². The quantitative estimate of drug-likeness (QED) is 0.530. The molecule has 4 heterocycles. The van der Waals surface area contributed by atoms with Gasteiger partial charge in [0.25, 0.3) is 11.5 Å². The highest BCUT2D eigenvalue weighted by Gasteiger charge is 2.38. The molecule has 1 fully saturated rings. The number of aromatic amines is 1. The van der Waals surface area contributed by atoms with Crippen molar-refractivity contribution in [3.63, 3.8) is 0 Å². The van der Waals surface area contributed by atoms with Gasteiger partial charge < -0.3 is 14.6 Å². The first kappa shape index (κ1) is 25.5. The minimum Gasteiger partial charge on any atom is -0.470 e. The van der Waals surface area contributed by atoms with Crippen molar-refractivity contribution >= 4 is 16.9 Å². The molecule has 192 valence electrons. The van der Waals surface area contributed by atoms with Gasteiger partial charge in [-0.05, 0) is 26.0 Å². The molecule has 0 saturated carbocycles. The Morgan fingerprint density at radius 3 is 2.44 bits per heavy atom. The van der Waals surface area contributed by atoms with E-state index in [1.54, 1.807) is 18.7 Å². The lowest BCUT2D eigenvalue weighted by Gasteiger charge is -2.37. The molecule has 3 aromatic rings. The summed E-state index contributed by atoms with van der Waals surface area (Å²) in [6.45, 7) is 6.88. The lowest BCUT2D eigenvalue weighted by atomic mass is 9.89. The van der Waals surface area contributed by atoms with E-state index in [1.165, 1.54) is 32.2 Å². The summed E-state index contributed by atoms with van der Waals surface area (Å²) in [6, 6.07) is 3.89. The monoisotopic (exact) mass is 507 g/mol. The van der Waals surface area contributed by atoms with E-state index in [9.17, 15) is 27.2 Å². The van der Waals surface area contributed by atoms with Crippen LogP contribution in [0, 0.1) is 18.8 Å². The largest absolute Gasteiger partial charge is 0.470 e. The number of nitrogens with one attached hydrogen (secondary N) is 1. The molecule has 0 radical (unpaired) electrons. The number of ether oxygens (including phenoxy) is 1. The van der Waals surface area contributed by atoms with Crippen molar-refractivity contribution in [1.82, 2.24) is 24.8 Å². The van der Waals surface area contributed by atoms with Gasteiger partial charge in [0.1, 0.15) is 18.1 Å². The first-order valence-electron chi connectivity index (χ1n) is 11.4. The molecule has 1 aliphatic rings. The normalized spacial score (nSPS) is 21.4. The molecule has 3 atom stereocenters. The Morgan fingerprint density at radius 1 is 1.19 bits per heavy atom. The summed E-state index contributed by atoms with van der Waals surface area (Å²) in [5, 5.41) is -0.103. The molecule has 36 heavy (non-hydrogen) atoms. The van der Waals surface area contributed by atoms with Crippen molar-refractivity contribution in [3.05, 3.63) is 57.4 Å². The van der Waals surface area contributed by atoms with Gasteiger partial charge in [-0.2, -0.15) is 13.2 Å². The zero-order valence-corrected chi connectivity index (χ0v) is 20.1. The molecule has 1 N–H and O–H groups in total. The Morgan fingerprint density at radius 2 is 1.86 bits per heavy atom. The second-order valence-electron chi connectivity index (χ2n) is 9.20. The predicted molar refractivity (Wildman–Crippen MR) is 122 cm³/mol. The van der Waals surface area contributed by atoms with Crippen molar-refractivity contribution in [2.75, 3.05) is 13.1 Å². The van der Waals surface area contributed by atoms with Gasteiger partial charge in [-0.15, -0.1) is 0 Å². The van der Waals surface area contributed by atoms with Crippen molar-refractivity contribution in [1.29, 1.82) is 0 Å². The smallest absolute Gasteiger partial charge is 0.433 e. The van der Waals surface area contributed by atoms with E-state index in [0.29, 0.717) is 0 Å². The summed E-state index contributed by atoms with van der Waals surface area (Å²) in [5.41, 5.74) is -2.26. The van der Waals surface area contributed by atoms with Crippen molar-refractivity contribution < 1.29 is 27.1 Å². The van der Waals surface area contributed by atoms with Crippen LogP contribution in [0.1, 0.15) is 54.3 Å². The maximum atomic E-state index is 14.1. The lowest BCUT2D eigenvalue weighted by molar-refractivity contribution is -0.142. The van der Waals surface area contributed by atoms with Crippen LogP contribution in [-0.2, 0) is 6.18 Å². The minimum atomic E-state index is -4.82. The maximum Gasteiger partial charge on any atom is 0.433 e. The third kappa shape index (κ3) is 5.02. The number of aryl methyl sites for hydroxylation is 1. The number of alkyl halides is 4. The van der Waals surface area contributed by atoms with Gasteiger partial charge in [-0.3, -0.25) is 9.59 Å². The number of H-pyrrole nitrogens is 1. The zero-order chi connectivity index (χ0) is 26.4. The summed E-state index contributed by atoms with van der Waals surface area (Å²) < 4.78 is 61.0. The standard InChI is InChI=1S/C24H25F4N5O3/c1-11-9-33(10-12(2)19(11)25)23(35)15-5-6-18(29-8-15)36-13(3)16-7-17-21(30-14(4)31-22(17)34)32-20(16)24(26,27)28/h5-8,11-13,19H,9-10H2,1-4H3,(H,30,31,32,34). The number of amides is 1. The van der Waals surface area contributed by atoms with E-state index in [4.69, 9.17) is 4.74 Å². The van der Waals surface area contributed by atoms with Gasteiger partial charge in [-0.25, -0.2) is 19.3 Å². The maximum absolute atomic E-state index is 14.1. The molecule has 4 rings (SSSR count). The molecule has 3 unspecified atom stereocenters. The average Bonchev–Trinajstić information content (AvgIpc) is 2.80. The van der Waals surface area contributed by atoms with E-state index in [2.05, 4.69) is 19.9 Å². The predicted octanol–water partition coefficient (Wildman–Crippen LogP) is 4.25. The summed E-state index contributed by atoms with van der Waals surface area (Å²) in [4.78, 5) is 40.7. The number of carbonyl (C=O) groups excluding carboxylic acids is 1. The van der Waals surface area contributed by atoms with Gasteiger partial charge in [-0.1, -0.05) is 13.8 Å². The van der Waals surface area contributed by atoms with Crippen LogP contribution in [-0.4, -0.2) is 50.0 Å². The van der Waals surface area contributed by atoms with Crippen LogP contribution in [0.5, 0.6) is 5.88 Å². The molecule has 1 aliphatic heterocycles. The van der Waals surface area contributed by atoms with Gasteiger partial charge in [0.15, 0.2) is 11.3 Å². The Kier molecular flexibility index (Phi) is 6.72. The third-order valence-corrected chi connectivity index (χ3v) is 6.22. The van der Waals surface area contributed by atoms with Gasteiger partial charge >= 0.3 is 6.18 Å². The summed E-state index contributed by atoms with van der Waals surface area (Å²) in [7, 11) is 0. The molecule has 3 aromatic heterocycles. The van der Waals surface area contributed by atoms with E-state index in [-0.39, 0.29) is 64.7 Å². The molecular weight excluding hydrogens is 482 g/mol. The SMILES string of the molecule is Cc1nc2nc(C(F)(F)F)c(C(C)Oc3ccc(C(=O)N4CC(C)C(F)C(C)C4)cn3)cc2c(=O)[nH]1. The molecule has 1 saturated heterocycles. The number of nitrogens with zero attached hydrogens (tertiary/aromatic N) is 4. The zero-order valence-electron chi connectivity index (χ0n) is 20.1. The fourth-order valence-corrected chi connectivity index (χ4v) is 4.43. The number of likely N-dealkylation sites (tertiary alicyclic amines) is 1. The topological polar surface area (TPSA) is 101 Å². The second-order valence-corrected chi connectivity index (χ2v) is 9.20. The van der Waals surface area contributed by atoms with Crippen LogP contribution in [0.2, 0.25) is 0 Å². The molecule has 12 heteroatoms. The van der Waals surface area contributed by atoms with Gasteiger partial charge in [0.2, 0.25) is 5.88 Å². The minimum absolute atomic E-state index is 0.0209. The number of carbonyl (C=O) groups is 1. The Bertz CT molecular complexity index is 1330. The second kappa shape index (κ2) is 9.47. The fourth-order valence-electron chi connectivity index (χ4n) is 4.43. The van der Waals surface area contributed by atoms with Gasteiger partial charge in [0, 0.05) is 42.8 Å². The molecule has 1 amide bonds. The van der Waals surface area contributed by atoms with Crippen LogP contribution in [0.3, 0.4) is 0 Å². The van der Waals surface area contributed by atoms with E-state index < -0.39 is 29.7 Å². The number of rotatable bonds is 4. The fraction of sp³-hybridized carbons (Fsp3) is 0.458. The molecular formula is C24H25F4N5O3. The number of hydrogen-bond donors (Lipinski definition) is 1. The van der Waals surface area contributed by atoms with Crippen LogP contribution in [0.4, 0.5) is 17.6 Å². The van der Waals surface area contributed by atoms with Crippen LogP contribution in [0.25, 0.3) is 11.0 Å². The number of hydrogen-bond acceptors (Lipinski definition) is 6. The first-order valence-corrected chi connectivity index (χ1v) is 11.4. The highest BCUT2D eigenvalue weighted by atomic mass is 19.4. The Labute approximate surface area is 203 Å². The first-order chi connectivity index (χ1) is 16.8. The molecule has 0 spiro atoms. The summed E-state index contributed by atoms with van der Waals surface area (Å²) >= 11 is 0. The third-order valence-electron chi connectivity index (χ3n) is 6.22. The lowest BCUT2D eigenvalue weighted by Crippen LogP contribution is -2.48. The Hall–Kier alpha value is -3.57. The van der Waals surface area contributed by atoms with Crippen LogP contribution in [0.15, 0.2) is 29.2 Å². The summed E-state index contributed by atoms with van der Waals surface area (Å²) in [5.74, 6) is -0.778. The number of piperidine rings is 1. The molecule has 8 nitrogen and oxygen atoms in total. The molecule has 0 bridgehead atoms.